The quantitative estimate of drug-likeness (QED) is 0.862. The number of rotatable bonds is 3. The van der Waals surface area contributed by atoms with Gasteiger partial charge in [-0.1, -0.05) is 6.42 Å². The van der Waals surface area contributed by atoms with Gasteiger partial charge in [0.2, 0.25) is 0 Å². The molecule has 1 fully saturated rings. The van der Waals surface area contributed by atoms with E-state index >= 15 is 0 Å². The number of oxazole rings is 1. The molecule has 2 rings (SSSR count). The van der Waals surface area contributed by atoms with Crippen LogP contribution in [0.15, 0.2) is 10.6 Å². The summed E-state index contributed by atoms with van der Waals surface area (Å²) >= 11 is 2.01. The van der Waals surface area contributed by atoms with Crippen LogP contribution >= 0.6 is 11.8 Å². The van der Waals surface area contributed by atoms with E-state index in [-0.39, 0.29) is 0 Å². The van der Waals surface area contributed by atoms with Gasteiger partial charge in [0.1, 0.15) is 6.10 Å². The van der Waals surface area contributed by atoms with Crippen molar-refractivity contribution in [1.82, 2.24) is 4.98 Å². The zero-order chi connectivity index (χ0) is 10.7. The average Bonchev–Trinajstić information content (AvgIpc) is 2.68. The molecule has 15 heavy (non-hydrogen) atoms. The molecule has 0 saturated carbocycles. The van der Waals surface area contributed by atoms with Gasteiger partial charge >= 0.3 is 0 Å². The highest BCUT2D eigenvalue weighted by molar-refractivity contribution is 7.99. The Balaban J connectivity index is 1.91. The van der Waals surface area contributed by atoms with Crippen molar-refractivity contribution in [2.45, 2.75) is 44.0 Å². The van der Waals surface area contributed by atoms with Crippen molar-refractivity contribution in [2.24, 2.45) is 0 Å². The number of aromatic nitrogens is 1. The van der Waals surface area contributed by atoms with Crippen LogP contribution < -0.4 is 0 Å². The molecule has 0 aliphatic carbocycles. The van der Waals surface area contributed by atoms with Crippen LogP contribution in [0.25, 0.3) is 0 Å². The Kier molecular flexibility index (Phi) is 3.70. The van der Waals surface area contributed by atoms with E-state index in [0.29, 0.717) is 11.0 Å². The molecule has 1 aromatic rings. The zero-order valence-corrected chi connectivity index (χ0v) is 9.80. The molecule has 0 amide bonds. The van der Waals surface area contributed by atoms with Gasteiger partial charge in [-0.05, 0) is 25.5 Å². The van der Waals surface area contributed by atoms with Crippen molar-refractivity contribution >= 4 is 11.8 Å². The van der Waals surface area contributed by atoms with Gasteiger partial charge in [-0.3, -0.25) is 0 Å². The van der Waals surface area contributed by atoms with Gasteiger partial charge in [-0.2, -0.15) is 11.8 Å². The second kappa shape index (κ2) is 5.03. The third-order valence-electron chi connectivity index (χ3n) is 2.66. The standard InChI is InChI=1S/C11H17NO2S/c1-8(13)10-7-12-11(14-10)6-9-4-2-3-5-15-9/h7-9,13H,2-6H2,1H3. The molecule has 2 heterocycles. The fourth-order valence-electron chi connectivity index (χ4n) is 1.78. The molecule has 0 spiro atoms. The summed E-state index contributed by atoms with van der Waals surface area (Å²) in [5, 5.41) is 9.96. The van der Waals surface area contributed by atoms with Gasteiger partial charge < -0.3 is 9.52 Å². The van der Waals surface area contributed by atoms with Gasteiger partial charge in [0.05, 0.1) is 6.20 Å². The van der Waals surface area contributed by atoms with Gasteiger partial charge in [-0.15, -0.1) is 0 Å². The molecule has 2 atom stereocenters. The minimum atomic E-state index is -0.551. The Hall–Kier alpha value is -0.480. The Morgan fingerprint density at radius 2 is 2.53 bits per heavy atom. The van der Waals surface area contributed by atoms with Crippen LogP contribution in [0.5, 0.6) is 0 Å². The fourth-order valence-corrected chi connectivity index (χ4v) is 3.07. The highest BCUT2D eigenvalue weighted by atomic mass is 32.2. The molecule has 4 heteroatoms. The molecule has 0 aromatic carbocycles. The summed E-state index contributed by atoms with van der Waals surface area (Å²) in [5.74, 6) is 2.60. The Bertz CT molecular complexity index is 305. The second-order valence-corrected chi connectivity index (χ2v) is 5.43. The van der Waals surface area contributed by atoms with Crippen molar-refractivity contribution in [3.63, 3.8) is 0 Å². The first-order valence-corrected chi connectivity index (χ1v) is 6.55. The van der Waals surface area contributed by atoms with Crippen LogP contribution in [0.2, 0.25) is 0 Å². The highest BCUT2D eigenvalue weighted by Gasteiger charge is 2.17. The van der Waals surface area contributed by atoms with Crippen LogP contribution in [-0.2, 0) is 6.42 Å². The maximum atomic E-state index is 9.30. The van der Waals surface area contributed by atoms with Gasteiger partial charge in [0.15, 0.2) is 11.7 Å². The lowest BCUT2D eigenvalue weighted by Gasteiger charge is -2.19. The third kappa shape index (κ3) is 2.98. The van der Waals surface area contributed by atoms with Gasteiger partial charge in [0.25, 0.3) is 0 Å². The molecule has 2 unspecified atom stereocenters. The number of aliphatic hydroxyl groups is 1. The van der Waals surface area contributed by atoms with E-state index < -0.39 is 6.10 Å². The van der Waals surface area contributed by atoms with E-state index in [9.17, 15) is 5.11 Å². The minimum absolute atomic E-state index is 0.551. The van der Waals surface area contributed by atoms with Crippen molar-refractivity contribution in [3.8, 4) is 0 Å². The molecule has 1 aliphatic heterocycles. The Morgan fingerprint density at radius 1 is 1.67 bits per heavy atom. The lowest BCUT2D eigenvalue weighted by Crippen LogP contribution is -2.12. The second-order valence-electron chi connectivity index (χ2n) is 4.03. The first-order chi connectivity index (χ1) is 7.25. The van der Waals surface area contributed by atoms with Crippen LogP contribution in [-0.4, -0.2) is 21.1 Å². The molecule has 3 nitrogen and oxygen atoms in total. The van der Waals surface area contributed by atoms with E-state index in [0.717, 1.165) is 12.3 Å². The maximum absolute atomic E-state index is 9.30. The molecular weight excluding hydrogens is 210 g/mol. The van der Waals surface area contributed by atoms with Crippen LogP contribution in [0, 0.1) is 0 Å². The van der Waals surface area contributed by atoms with Crippen molar-refractivity contribution in [1.29, 1.82) is 0 Å². The molecule has 1 N–H and O–H groups in total. The lowest BCUT2D eigenvalue weighted by molar-refractivity contribution is 0.167. The number of aliphatic hydroxyl groups excluding tert-OH is 1. The summed E-state index contributed by atoms with van der Waals surface area (Å²) in [4.78, 5) is 4.19. The Labute approximate surface area is 94.3 Å². The van der Waals surface area contributed by atoms with Gasteiger partial charge in [0, 0.05) is 11.7 Å². The molecule has 84 valence electrons. The SMILES string of the molecule is CC(O)c1cnc(CC2CCCCS2)o1. The van der Waals surface area contributed by atoms with E-state index in [1.807, 2.05) is 11.8 Å². The predicted molar refractivity (Wildman–Crippen MR) is 60.9 cm³/mol. The zero-order valence-electron chi connectivity index (χ0n) is 8.98. The summed E-state index contributed by atoms with van der Waals surface area (Å²) in [6.07, 6.45) is 5.90. The van der Waals surface area contributed by atoms with E-state index in [1.165, 1.54) is 25.0 Å². The number of thioether (sulfide) groups is 1. The largest absolute Gasteiger partial charge is 0.443 e. The third-order valence-corrected chi connectivity index (χ3v) is 4.06. The van der Waals surface area contributed by atoms with Crippen LogP contribution in [0.1, 0.15) is 43.9 Å². The number of hydrogen-bond acceptors (Lipinski definition) is 4. The normalized spacial score (nSPS) is 24.0. The molecule has 0 radical (unpaired) electrons. The molecule has 0 bridgehead atoms. The fraction of sp³-hybridized carbons (Fsp3) is 0.727. The maximum Gasteiger partial charge on any atom is 0.195 e. The summed E-state index contributed by atoms with van der Waals surface area (Å²) in [6, 6.07) is 0. The Morgan fingerprint density at radius 3 is 3.13 bits per heavy atom. The first kappa shape index (κ1) is 11.0. The number of hydrogen-bond donors (Lipinski definition) is 1. The average molecular weight is 227 g/mol. The van der Waals surface area contributed by atoms with Crippen molar-refractivity contribution in [3.05, 3.63) is 17.8 Å². The van der Waals surface area contributed by atoms with Gasteiger partial charge in [-0.25, -0.2) is 4.98 Å². The molecule has 1 saturated heterocycles. The summed E-state index contributed by atoms with van der Waals surface area (Å²) in [7, 11) is 0. The highest BCUT2D eigenvalue weighted by Crippen LogP contribution is 2.28. The number of nitrogens with zero attached hydrogens (tertiary/aromatic N) is 1. The van der Waals surface area contributed by atoms with Crippen molar-refractivity contribution < 1.29 is 9.52 Å². The van der Waals surface area contributed by atoms with E-state index in [2.05, 4.69) is 4.98 Å². The van der Waals surface area contributed by atoms with E-state index in [1.54, 1.807) is 13.1 Å². The summed E-state index contributed by atoms with van der Waals surface area (Å²) in [6.45, 7) is 1.69. The molecule has 1 aromatic heterocycles. The smallest absolute Gasteiger partial charge is 0.195 e. The minimum Gasteiger partial charge on any atom is -0.443 e. The topological polar surface area (TPSA) is 46.3 Å². The van der Waals surface area contributed by atoms with Crippen LogP contribution in [0.3, 0.4) is 0 Å². The predicted octanol–water partition coefficient (Wildman–Crippen LogP) is 2.56. The molecule has 1 aliphatic rings. The van der Waals surface area contributed by atoms with Crippen molar-refractivity contribution in [2.75, 3.05) is 5.75 Å². The monoisotopic (exact) mass is 227 g/mol. The summed E-state index contributed by atoms with van der Waals surface area (Å²) in [5.41, 5.74) is 0. The molecular formula is C11H17NO2S. The first-order valence-electron chi connectivity index (χ1n) is 5.50. The summed E-state index contributed by atoms with van der Waals surface area (Å²) < 4.78 is 5.47. The van der Waals surface area contributed by atoms with E-state index in [4.69, 9.17) is 4.42 Å². The van der Waals surface area contributed by atoms with Crippen LogP contribution in [0.4, 0.5) is 0 Å². The lowest BCUT2D eigenvalue weighted by atomic mass is 10.1.